The lowest BCUT2D eigenvalue weighted by Gasteiger charge is -2.38. The predicted molar refractivity (Wildman–Crippen MR) is 125 cm³/mol. The van der Waals surface area contributed by atoms with Gasteiger partial charge in [-0.2, -0.15) is 10.2 Å². The third kappa shape index (κ3) is 3.78. The smallest absolute Gasteiger partial charge is 0.226 e. The molecular weight excluding hydrogens is 414 g/mol. The zero-order valence-corrected chi connectivity index (χ0v) is 18.9. The minimum Gasteiger partial charge on any atom is -0.494 e. The number of aromatic nitrogens is 3. The van der Waals surface area contributed by atoms with Gasteiger partial charge in [0.1, 0.15) is 11.8 Å². The molecule has 3 aromatic rings. The van der Waals surface area contributed by atoms with Gasteiger partial charge in [0.2, 0.25) is 5.95 Å². The van der Waals surface area contributed by atoms with E-state index in [2.05, 4.69) is 25.2 Å². The minimum atomic E-state index is -0.392. The van der Waals surface area contributed by atoms with Gasteiger partial charge in [0.25, 0.3) is 0 Å². The average molecular weight is 440 g/mol. The zero-order chi connectivity index (χ0) is 23.2. The summed E-state index contributed by atoms with van der Waals surface area (Å²) in [7, 11) is 0. The first-order valence-electron chi connectivity index (χ1n) is 11.1. The first-order chi connectivity index (χ1) is 15.9. The van der Waals surface area contributed by atoms with Crippen molar-refractivity contribution in [2.24, 2.45) is 5.41 Å². The summed E-state index contributed by atoms with van der Waals surface area (Å²) in [6, 6.07) is 16.8. The number of rotatable bonds is 4. The van der Waals surface area contributed by atoms with E-state index < -0.39 is 6.04 Å². The van der Waals surface area contributed by atoms with Crippen molar-refractivity contribution in [1.29, 1.82) is 5.26 Å². The summed E-state index contributed by atoms with van der Waals surface area (Å²) in [5.74, 6) is 2.10. The van der Waals surface area contributed by atoms with E-state index in [0.717, 1.165) is 34.6 Å². The maximum Gasteiger partial charge on any atom is 0.226 e. The molecular formula is C26H25N5O2. The monoisotopic (exact) mass is 439 g/mol. The van der Waals surface area contributed by atoms with E-state index in [0.29, 0.717) is 30.4 Å². The Morgan fingerprint density at radius 3 is 2.55 bits per heavy atom. The predicted octanol–water partition coefficient (Wildman–Crippen LogP) is 4.87. The van der Waals surface area contributed by atoms with E-state index in [-0.39, 0.29) is 11.2 Å². The summed E-state index contributed by atoms with van der Waals surface area (Å²) < 4.78 is 7.34. The molecule has 2 aromatic carbocycles. The second-order valence-electron chi connectivity index (χ2n) is 9.26. The van der Waals surface area contributed by atoms with E-state index >= 15 is 0 Å². The molecule has 1 N–H and O–H groups in total. The van der Waals surface area contributed by atoms with Gasteiger partial charge < -0.3 is 10.1 Å². The largest absolute Gasteiger partial charge is 0.494 e. The summed E-state index contributed by atoms with van der Waals surface area (Å²) in [4.78, 5) is 18.1. The van der Waals surface area contributed by atoms with E-state index in [1.165, 1.54) is 0 Å². The van der Waals surface area contributed by atoms with Gasteiger partial charge >= 0.3 is 0 Å². The Morgan fingerprint density at radius 2 is 1.88 bits per heavy atom. The summed E-state index contributed by atoms with van der Waals surface area (Å²) in [6.07, 6.45) is 1.24. The summed E-state index contributed by atoms with van der Waals surface area (Å²) in [5.41, 5.74) is 3.86. The first-order valence-corrected chi connectivity index (χ1v) is 11.1. The SMILES string of the molecule is CCOc1ccc(-c2nc3n(n2)C(c2ccc(C#N)cc2)C2=C(CC(C)(C)CC2=O)N3)cc1. The van der Waals surface area contributed by atoms with Gasteiger partial charge in [0.05, 0.1) is 18.2 Å². The van der Waals surface area contributed by atoms with Crippen LogP contribution >= 0.6 is 0 Å². The number of nitriles is 1. The van der Waals surface area contributed by atoms with Gasteiger partial charge in [0.15, 0.2) is 11.6 Å². The third-order valence-electron chi connectivity index (χ3n) is 6.11. The Morgan fingerprint density at radius 1 is 1.15 bits per heavy atom. The number of carbonyl (C=O) groups excluding carboxylic acids is 1. The highest BCUT2D eigenvalue weighted by atomic mass is 16.5. The van der Waals surface area contributed by atoms with E-state index in [1.807, 2.05) is 43.3 Å². The molecule has 0 bridgehead atoms. The molecule has 0 fully saturated rings. The Hall–Kier alpha value is -3.92. The number of fused-ring (bicyclic) bond motifs is 1. The molecule has 1 aromatic heterocycles. The second-order valence-corrected chi connectivity index (χ2v) is 9.26. The van der Waals surface area contributed by atoms with Crippen LogP contribution in [-0.2, 0) is 4.79 Å². The molecule has 166 valence electrons. The number of hydrogen-bond donors (Lipinski definition) is 1. The molecule has 7 heteroatoms. The van der Waals surface area contributed by atoms with Gasteiger partial charge in [0, 0.05) is 23.3 Å². The van der Waals surface area contributed by atoms with Crippen LogP contribution in [0.3, 0.4) is 0 Å². The van der Waals surface area contributed by atoms with Crippen LogP contribution in [0, 0.1) is 16.7 Å². The number of Topliss-reactive ketones (excluding diaryl/α,β-unsaturated/α-hetero) is 1. The van der Waals surface area contributed by atoms with Crippen molar-refractivity contribution in [3.8, 4) is 23.2 Å². The van der Waals surface area contributed by atoms with Crippen LogP contribution in [0.4, 0.5) is 5.95 Å². The van der Waals surface area contributed by atoms with E-state index in [4.69, 9.17) is 14.8 Å². The maximum atomic E-state index is 13.3. The number of nitrogens with one attached hydrogen (secondary N) is 1. The Labute approximate surface area is 192 Å². The van der Waals surface area contributed by atoms with Crippen LogP contribution in [0.15, 0.2) is 59.8 Å². The number of anilines is 1. The van der Waals surface area contributed by atoms with Gasteiger partial charge in [-0.15, -0.1) is 5.10 Å². The van der Waals surface area contributed by atoms with Crippen LogP contribution in [-0.4, -0.2) is 27.2 Å². The number of carbonyl (C=O) groups is 1. The topological polar surface area (TPSA) is 92.8 Å². The highest BCUT2D eigenvalue weighted by molar-refractivity contribution is 6.00. The zero-order valence-electron chi connectivity index (χ0n) is 18.9. The molecule has 0 amide bonds. The quantitative estimate of drug-likeness (QED) is 0.623. The lowest BCUT2D eigenvalue weighted by atomic mass is 9.73. The Balaban J connectivity index is 1.61. The molecule has 2 heterocycles. The van der Waals surface area contributed by atoms with Crippen molar-refractivity contribution in [3.63, 3.8) is 0 Å². The maximum absolute atomic E-state index is 13.3. The molecule has 1 aliphatic heterocycles. The number of ether oxygens (including phenoxy) is 1. The number of nitrogens with zero attached hydrogens (tertiary/aromatic N) is 4. The van der Waals surface area contributed by atoms with Crippen molar-refractivity contribution >= 4 is 11.7 Å². The fourth-order valence-corrected chi connectivity index (χ4v) is 4.65. The van der Waals surface area contributed by atoms with Crippen molar-refractivity contribution in [1.82, 2.24) is 14.8 Å². The number of ketones is 1. The van der Waals surface area contributed by atoms with Crippen LogP contribution < -0.4 is 10.1 Å². The normalized spacial score (nSPS) is 18.7. The van der Waals surface area contributed by atoms with Crippen molar-refractivity contribution < 1.29 is 9.53 Å². The molecule has 1 atom stereocenters. The Kier molecular flexibility index (Phi) is 5.01. The van der Waals surface area contributed by atoms with Crippen molar-refractivity contribution in [2.75, 3.05) is 11.9 Å². The number of benzene rings is 2. The molecule has 5 rings (SSSR count). The standard InChI is InChI=1S/C26H25N5O2/c1-4-33-19-11-9-18(10-12-19)24-29-25-28-20-13-26(2,3)14-21(32)22(20)23(31(25)30-24)17-7-5-16(15-27)6-8-17/h5-12,23H,4,13-14H2,1-3H3,(H,28,29,30). The number of hydrogen-bond acceptors (Lipinski definition) is 6. The lowest BCUT2D eigenvalue weighted by molar-refractivity contribution is -0.118. The van der Waals surface area contributed by atoms with Crippen molar-refractivity contribution in [2.45, 2.75) is 39.7 Å². The van der Waals surface area contributed by atoms with Crippen molar-refractivity contribution in [3.05, 3.63) is 70.9 Å². The van der Waals surface area contributed by atoms with E-state index in [9.17, 15) is 10.1 Å². The molecule has 1 aliphatic carbocycles. The molecule has 2 aliphatic rings. The minimum absolute atomic E-state index is 0.117. The first kappa shape index (κ1) is 21.0. The summed E-state index contributed by atoms with van der Waals surface area (Å²) in [6.45, 7) is 6.77. The molecule has 7 nitrogen and oxygen atoms in total. The fraction of sp³-hybridized carbons (Fsp3) is 0.308. The third-order valence-corrected chi connectivity index (χ3v) is 6.11. The van der Waals surface area contributed by atoms with Gasteiger partial charge in [-0.25, -0.2) is 4.68 Å². The molecule has 0 saturated heterocycles. The molecule has 33 heavy (non-hydrogen) atoms. The van der Waals surface area contributed by atoms with E-state index in [1.54, 1.807) is 16.8 Å². The van der Waals surface area contributed by atoms with Crippen LogP contribution in [0.1, 0.15) is 50.8 Å². The van der Waals surface area contributed by atoms with Gasteiger partial charge in [-0.3, -0.25) is 4.79 Å². The average Bonchev–Trinajstić information content (AvgIpc) is 3.21. The molecule has 0 spiro atoms. The summed E-state index contributed by atoms with van der Waals surface area (Å²) >= 11 is 0. The number of allylic oxidation sites excluding steroid dienone is 2. The fourth-order valence-electron chi connectivity index (χ4n) is 4.65. The van der Waals surface area contributed by atoms with Crippen LogP contribution in [0.5, 0.6) is 5.75 Å². The molecule has 0 radical (unpaired) electrons. The van der Waals surface area contributed by atoms with Gasteiger partial charge in [-0.05, 0) is 60.7 Å². The van der Waals surface area contributed by atoms with Gasteiger partial charge in [-0.1, -0.05) is 26.0 Å². The molecule has 0 saturated carbocycles. The van der Waals surface area contributed by atoms with Crippen LogP contribution in [0.25, 0.3) is 11.4 Å². The molecule has 1 unspecified atom stereocenters. The highest BCUT2D eigenvalue weighted by Gasteiger charge is 2.41. The summed E-state index contributed by atoms with van der Waals surface area (Å²) in [5, 5.41) is 17.4. The second kappa shape index (κ2) is 7.89. The highest BCUT2D eigenvalue weighted by Crippen LogP contribution is 2.45. The van der Waals surface area contributed by atoms with Crippen LogP contribution in [0.2, 0.25) is 0 Å². The Bertz CT molecular complexity index is 1290. The lowest BCUT2D eigenvalue weighted by Crippen LogP contribution is -2.36.